The minimum Gasteiger partial charge on any atom is -0.351 e. The summed E-state index contributed by atoms with van der Waals surface area (Å²) in [5.41, 5.74) is 1.00. The topological polar surface area (TPSA) is 31.2 Å². The molecule has 0 aliphatic heterocycles. The number of ether oxygens (including phenoxy) is 1. The first kappa shape index (κ1) is 12.6. The number of carbonyl (C=O) groups excluding carboxylic acids is 1. The first-order valence-electron chi connectivity index (χ1n) is 5.19. The molecule has 1 aromatic carbocycles. The molecule has 0 saturated heterocycles. The van der Waals surface area contributed by atoms with Gasteiger partial charge in [0, 0.05) is 17.1 Å². The molecule has 0 N–H and O–H groups in total. The van der Waals surface area contributed by atoms with Crippen molar-refractivity contribution >= 4 is 17.2 Å². The number of aldehydes is 1. The van der Waals surface area contributed by atoms with Crippen molar-refractivity contribution in [3.63, 3.8) is 0 Å². The molecule has 1 aromatic heterocycles. The summed E-state index contributed by atoms with van der Waals surface area (Å²) in [7, 11) is 0. The largest absolute Gasteiger partial charge is 0.411 e. The molecule has 96 valence electrons. The van der Waals surface area contributed by atoms with Crippen molar-refractivity contribution in [1.82, 2.24) is 4.57 Å². The van der Waals surface area contributed by atoms with E-state index in [0.29, 0.717) is 17.4 Å². The number of rotatable bonds is 4. The lowest BCUT2D eigenvalue weighted by Gasteiger charge is -2.10. The van der Waals surface area contributed by atoms with Gasteiger partial charge in [-0.05, 0) is 12.1 Å². The van der Waals surface area contributed by atoms with E-state index in [2.05, 4.69) is 4.74 Å². The molecule has 0 unspecified atom stereocenters. The van der Waals surface area contributed by atoms with Crippen LogP contribution in [0.3, 0.4) is 0 Å². The van der Waals surface area contributed by atoms with Crippen LogP contribution in [0.5, 0.6) is 0 Å². The van der Waals surface area contributed by atoms with Gasteiger partial charge in [0.05, 0.1) is 5.52 Å². The van der Waals surface area contributed by atoms with Crippen LogP contribution < -0.4 is 0 Å². The summed E-state index contributed by atoms with van der Waals surface area (Å²) in [5.74, 6) is 0. The van der Waals surface area contributed by atoms with Crippen molar-refractivity contribution in [2.75, 3.05) is 6.61 Å². The third-order valence-electron chi connectivity index (χ3n) is 2.44. The molecule has 3 nitrogen and oxygen atoms in total. The lowest BCUT2D eigenvalue weighted by atomic mass is 10.1. The summed E-state index contributed by atoms with van der Waals surface area (Å²) in [6.45, 7) is -1.55. The maximum atomic E-state index is 12.0. The van der Waals surface area contributed by atoms with Gasteiger partial charge < -0.3 is 9.30 Å². The Hall–Kier alpha value is -1.82. The molecular formula is C12H10F3NO2. The second-order valence-electron chi connectivity index (χ2n) is 3.78. The van der Waals surface area contributed by atoms with Gasteiger partial charge in [0.15, 0.2) is 6.29 Å². The van der Waals surface area contributed by atoms with E-state index >= 15 is 0 Å². The smallest absolute Gasteiger partial charge is 0.351 e. The first-order chi connectivity index (χ1) is 8.51. The van der Waals surface area contributed by atoms with Crippen molar-refractivity contribution in [2.24, 2.45) is 0 Å². The zero-order valence-electron chi connectivity index (χ0n) is 9.28. The highest BCUT2D eigenvalue weighted by molar-refractivity contribution is 5.96. The molecule has 0 bridgehead atoms. The quantitative estimate of drug-likeness (QED) is 0.788. The zero-order chi connectivity index (χ0) is 13.2. The van der Waals surface area contributed by atoms with Crippen molar-refractivity contribution in [2.45, 2.75) is 12.9 Å². The lowest BCUT2D eigenvalue weighted by molar-refractivity contribution is -0.181. The van der Waals surface area contributed by atoms with Crippen LogP contribution in [0.2, 0.25) is 0 Å². The van der Waals surface area contributed by atoms with E-state index in [-0.39, 0.29) is 6.73 Å². The predicted molar refractivity (Wildman–Crippen MR) is 59.3 cm³/mol. The van der Waals surface area contributed by atoms with Crippen LogP contribution >= 0.6 is 0 Å². The maximum Gasteiger partial charge on any atom is 0.411 e. The third kappa shape index (κ3) is 2.70. The number of carbonyl (C=O) groups is 1. The molecule has 1 heterocycles. The van der Waals surface area contributed by atoms with Crippen LogP contribution in [0.4, 0.5) is 13.2 Å². The van der Waals surface area contributed by atoms with E-state index < -0.39 is 12.8 Å². The van der Waals surface area contributed by atoms with Crippen LogP contribution in [0.1, 0.15) is 10.4 Å². The van der Waals surface area contributed by atoms with E-state index in [0.717, 1.165) is 5.39 Å². The Morgan fingerprint density at radius 1 is 1.28 bits per heavy atom. The van der Waals surface area contributed by atoms with Crippen molar-refractivity contribution in [1.29, 1.82) is 0 Å². The van der Waals surface area contributed by atoms with E-state index in [9.17, 15) is 18.0 Å². The maximum absolute atomic E-state index is 12.0. The molecule has 0 aliphatic rings. The molecule has 0 atom stereocenters. The van der Waals surface area contributed by atoms with Gasteiger partial charge in [-0.1, -0.05) is 12.1 Å². The number of aromatic nitrogens is 1. The summed E-state index contributed by atoms with van der Waals surface area (Å²) in [6.07, 6.45) is -2.09. The summed E-state index contributed by atoms with van der Waals surface area (Å²) >= 11 is 0. The Bertz CT molecular complexity index is 560. The average molecular weight is 257 g/mol. The van der Waals surface area contributed by atoms with Gasteiger partial charge in [0.1, 0.15) is 13.3 Å². The molecule has 2 rings (SSSR count). The van der Waals surface area contributed by atoms with Crippen molar-refractivity contribution < 1.29 is 22.7 Å². The average Bonchev–Trinajstić information content (AvgIpc) is 2.71. The molecule has 0 aliphatic carbocycles. The van der Waals surface area contributed by atoms with Crippen LogP contribution in [0.25, 0.3) is 10.9 Å². The van der Waals surface area contributed by atoms with E-state index in [1.807, 2.05) is 0 Å². The monoisotopic (exact) mass is 257 g/mol. The van der Waals surface area contributed by atoms with Crippen LogP contribution in [0, 0.1) is 0 Å². The molecular weight excluding hydrogens is 247 g/mol. The summed E-state index contributed by atoms with van der Waals surface area (Å²) in [4.78, 5) is 10.9. The Balaban J connectivity index is 2.21. The van der Waals surface area contributed by atoms with Gasteiger partial charge in [0.2, 0.25) is 0 Å². The highest BCUT2D eigenvalue weighted by Crippen LogP contribution is 2.20. The predicted octanol–water partition coefficient (Wildman–Crippen LogP) is 2.99. The van der Waals surface area contributed by atoms with E-state index in [4.69, 9.17) is 0 Å². The molecule has 0 spiro atoms. The summed E-state index contributed by atoms with van der Waals surface area (Å²) in [5, 5.41) is 0.787. The van der Waals surface area contributed by atoms with Crippen LogP contribution in [-0.4, -0.2) is 23.6 Å². The van der Waals surface area contributed by atoms with Gasteiger partial charge in [-0.15, -0.1) is 0 Å². The van der Waals surface area contributed by atoms with Gasteiger partial charge >= 0.3 is 6.18 Å². The Morgan fingerprint density at radius 2 is 2.06 bits per heavy atom. The van der Waals surface area contributed by atoms with Gasteiger partial charge in [-0.25, -0.2) is 0 Å². The lowest BCUT2D eigenvalue weighted by Crippen LogP contribution is -2.18. The van der Waals surface area contributed by atoms with Gasteiger partial charge in [0.25, 0.3) is 0 Å². The van der Waals surface area contributed by atoms with Crippen molar-refractivity contribution in [3.05, 3.63) is 36.0 Å². The Kier molecular flexibility index (Phi) is 3.38. The minimum atomic E-state index is -4.35. The van der Waals surface area contributed by atoms with Gasteiger partial charge in [-0.2, -0.15) is 13.2 Å². The normalized spacial score (nSPS) is 11.9. The second kappa shape index (κ2) is 4.81. The molecule has 2 aromatic rings. The molecule has 18 heavy (non-hydrogen) atoms. The van der Waals surface area contributed by atoms with Crippen LogP contribution in [0.15, 0.2) is 30.5 Å². The van der Waals surface area contributed by atoms with Crippen LogP contribution in [-0.2, 0) is 11.5 Å². The number of benzene rings is 1. The fourth-order valence-corrected chi connectivity index (χ4v) is 1.75. The number of halogens is 3. The van der Waals surface area contributed by atoms with Crippen molar-refractivity contribution in [3.8, 4) is 0 Å². The standard InChI is InChI=1S/C12H10F3NO2/c13-12(14,15)7-18-8-16-5-4-9-2-1-3-10(6-17)11(9)16/h1-6H,7-8H2. The fourth-order valence-electron chi connectivity index (χ4n) is 1.75. The molecule has 0 saturated carbocycles. The van der Waals surface area contributed by atoms with E-state index in [1.54, 1.807) is 30.5 Å². The SMILES string of the molecule is O=Cc1cccc2ccn(COCC(F)(F)F)c12. The number of para-hydroxylation sites is 1. The number of alkyl halides is 3. The Labute approximate surface area is 101 Å². The molecule has 6 heteroatoms. The molecule has 0 radical (unpaired) electrons. The highest BCUT2D eigenvalue weighted by Gasteiger charge is 2.27. The number of hydrogen-bond donors (Lipinski definition) is 0. The zero-order valence-corrected chi connectivity index (χ0v) is 9.28. The number of nitrogens with zero attached hydrogens (tertiary/aromatic N) is 1. The van der Waals surface area contributed by atoms with Gasteiger partial charge in [-0.3, -0.25) is 4.79 Å². The third-order valence-corrected chi connectivity index (χ3v) is 2.44. The second-order valence-corrected chi connectivity index (χ2v) is 3.78. The molecule has 0 amide bonds. The number of hydrogen-bond acceptors (Lipinski definition) is 2. The fraction of sp³-hybridized carbons (Fsp3) is 0.250. The summed E-state index contributed by atoms with van der Waals surface area (Å²) in [6, 6.07) is 6.82. The highest BCUT2D eigenvalue weighted by atomic mass is 19.4. The minimum absolute atomic E-state index is 0.242. The first-order valence-corrected chi connectivity index (χ1v) is 5.19. The van der Waals surface area contributed by atoms with E-state index in [1.165, 1.54) is 4.57 Å². The molecule has 0 fully saturated rings. The Morgan fingerprint density at radius 3 is 2.72 bits per heavy atom. The summed E-state index contributed by atoms with van der Waals surface area (Å²) < 4.78 is 41.9. The number of fused-ring (bicyclic) bond motifs is 1.